The van der Waals surface area contributed by atoms with E-state index in [1.807, 2.05) is 0 Å². The van der Waals surface area contributed by atoms with Gasteiger partial charge in [0.05, 0.1) is 0 Å². The quantitative estimate of drug-likeness (QED) is 0.671. The average molecular weight is 233 g/mol. The van der Waals surface area contributed by atoms with Crippen LogP contribution in [0.25, 0.3) is 0 Å². The average Bonchev–Trinajstić information content (AvgIpc) is 3.10. The van der Waals surface area contributed by atoms with E-state index >= 15 is 0 Å². The topological polar surface area (TPSA) is 20.3 Å². The van der Waals surface area contributed by atoms with E-state index in [9.17, 15) is 4.79 Å². The molecule has 1 unspecified atom stereocenters. The number of amides is 1. The summed E-state index contributed by atoms with van der Waals surface area (Å²) in [7, 11) is 0. The number of piperidine rings is 1. The molecule has 94 valence electrons. The molecule has 2 nitrogen and oxygen atoms in total. The fourth-order valence-electron chi connectivity index (χ4n) is 3.41. The first-order valence-corrected chi connectivity index (χ1v) is 7.22. The normalized spacial score (nSPS) is 30.6. The highest BCUT2D eigenvalue weighted by Crippen LogP contribution is 2.52. The van der Waals surface area contributed by atoms with Crippen LogP contribution in [0.1, 0.15) is 51.4 Å². The fraction of sp³-hybridized carbons (Fsp3) is 0.800. The van der Waals surface area contributed by atoms with Gasteiger partial charge in [0.2, 0.25) is 5.91 Å². The van der Waals surface area contributed by atoms with Crippen LogP contribution in [0.3, 0.4) is 0 Å². The molecule has 0 radical (unpaired) electrons. The van der Waals surface area contributed by atoms with E-state index < -0.39 is 0 Å². The van der Waals surface area contributed by atoms with E-state index in [1.165, 1.54) is 44.9 Å². The number of carbonyl (C=O) groups is 1. The number of rotatable bonds is 2. The van der Waals surface area contributed by atoms with Crippen LogP contribution < -0.4 is 0 Å². The van der Waals surface area contributed by atoms with Crippen LogP contribution in [-0.2, 0) is 4.79 Å². The van der Waals surface area contributed by atoms with E-state index in [-0.39, 0.29) is 0 Å². The lowest BCUT2D eigenvalue weighted by Gasteiger charge is -2.34. The molecule has 1 saturated carbocycles. The van der Waals surface area contributed by atoms with Gasteiger partial charge in [-0.25, -0.2) is 0 Å². The van der Waals surface area contributed by atoms with Crippen molar-refractivity contribution in [2.24, 2.45) is 11.3 Å². The first kappa shape index (κ1) is 11.3. The molecule has 1 spiro atoms. The van der Waals surface area contributed by atoms with Gasteiger partial charge < -0.3 is 4.90 Å². The van der Waals surface area contributed by atoms with Gasteiger partial charge in [0.15, 0.2) is 0 Å². The summed E-state index contributed by atoms with van der Waals surface area (Å²) in [6, 6.07) is 0. The van der Waals surface area contributed by atoms with Gasteiger partial charge in [-0.1, -0.05) is 12.2 Å². The van der Waals surface area contributed by atoms with E-state index in [0.717, 1.165) is 19.5 Å². The lowest BCUT2D eigenvalue weighted by molar-refractivity contribution is -0.134. The molecule has 0 N–H and O–H groups in total. The third-order valence-corrected chi connectivity index (χ3v) is 4.76. The van der Waals surface area contributed by atoms with Crippen molar-refractivity contribution in [3.8, 4) is 0 Å². The summed E-state index contributed by atoms with van der Waals surface area (Å²) in [6.07, 6.45) is 14.3. The maximum atomic E-state index is 12.3. The maximum Gasteiger partial charge on any atom is 0.223 e. The minimum Gasteiger partial charge on any atom is -0.342 e. The Bertz CT molecular complexity index is 330. The number of likely N-dealkylation sites (tertiary alicyclic amines) is 1. The Hall–Kier alpha value is -0.790. The zero-order chi connectivity index (χ0) is 11.7. The molecule has 0 aromatic carbocycles. The molecule has 1 amide bonds. The predicted molar refractivity (Wildman–Crippen MR) is 68.6 cm³/mol. The summed E-state index contributed by atoms with van der Waals surface area (Å²) in [5.74, 6) is 0.931. The lowest BCUT2D eigenvalue weighted by Crippen LogP contribution is -2.41. The number of nitrogens with zero attached hydrogens (tertiary/aromatic N) is 1. The number of hydrogen-bond acceptors (Lipinski definition) is 1. The Morgan fingerprint density at radius 3 is 2.88 bits per heavy atom. The summed E-state index contributed by atoms with van der Waals surface area (Å²) in [6.45, 7) is 2.07. The van der Waals surface area contributed by atoms with E-state index in [1.54, 1.807) is 0 Å². The fourth-order valence-corrected chi connectivity index (χ4v) is 3.41. The van der Waals surface area contributed by atoms with Crippen LogP contribution in [0, 0.1) is 11.3 Å². The second-order valence-electron chi connectivity index (χ2n) is 6.24. The van der Waals surface area contributed by atoms with Crippen LogP contribution >= 0.6 is 0 Å². The first-order chi connectivity index (χ1) is 8.27. The molecule has 1 atom stereocenters. The molecular weight excluding hydrogens is 210 g/mol. The first-order valence-electron chi connectivity index (χ1n) is 7.22. The van der Waals surface area contributed by atoms with Gasteiger partial charge in [-0.05, 0) is 56.3 Å². The third kappa shape index (κ3) is 2.56. The van der Waals surface area contributed by atoms with Crippen molar-refractivity contribution in [2.75, 3.05) is 13.1 Å². The molecule has 1 saturated heterocycles. The largest absolute Gasteiger partial charge is 0.342 e. The van der Waals surface area contributed by atoms with Gasteiger partial charge in [-0.3, -0.25) is 4.79 Å². The number of hydrogen-bond donors (Lipinski definition) is 0. The van der Waals surface area contributed by atoms with E-state index in [0.29, 0.717) is 17.2 Å². The molecule has 2 fully saturated rings. The van der Waals surface area contributed by atoms with Crippen LogP contribution in [-0.4, -0.2) is 23.9 Å². The van der Waals surface area contributed by atoms with Crippen LogP contribution in [0.4, 0.5) is 0 Å². The van der Waals surface area contributed by atoms with Crippen molar-refractivity contribution >= 4 is 5.91 Å². The minimum absolute atomic E-state index is 0.410. The Balaban J connectivity index is 1.54. The van der Waals surface area contributed by atoms with Gasteiger partial charge >= 0.3 is 0 Å². The van der Waals surface area contributed by atoms with Crippen molar-refractivity contribution in [3.63, 3.8) is 0 Å². The summed E-state index contributed by atoms with van der Waals surface area (Å²) in [4.78, 5) is 14.4. The molecule has 0 bridgehead atoms. The lowest BCUT2D eigenvalue weighted by atomic mass is 9.91. The molecule has 17 heavy (non-hydrogen) atoms. The number of allylic oxidation sites excluding steroid dienone is 2. The van der Waals surface area contributed by atoms with Gasteiger partial charge in [-0.2, -0.15) is 0 Å². The Morgan fingerprint density at radius 1 is 1.29 bits per heavy atom. The zero-order valence-corrected chi connectivity index (χ0v) is 10.7. The second kappa shape index (κ2) is 4.47. The van der Waals surface area contributed by atoms with E-state index in [2.05, 4.69) is 17.1 Å². The molecule has 2 heteroatoms. The van der Waals surface area contributed by atoms with Crippen LogP contribution in [0.15, 0.2) is 12.2 Å². The van der Waals surface area contributed by atoms with Gasteiger partial charge in [0.1, 0.15) is 0 Å². The molecule has 1 aliphatic heterocycles. The smallest absolute Gasteiger partial charge is 0.223 e. The highest BCUT2D eigenvalue weighted by atomic mass is 16.2. The zero-order valence-electron chi connectivity index (χ0n) is 10.7. The molecule has 1 heterocycles. The molecule has 3 rings (SSSR count). The molecular formula is C15H23NO. The minimum atomic E-state index is 0.410. The SMILES string of the molecule is O=C(CC1C=CCCC1)N1CCCC2(CC2)C1. The molecule has 0 aromatic heterocycles. The summed E-state index contributed by atoms with van der Waals surface area (Å²) >= 11 is 0. The predicted octanol–water partition coefficient (Wildman–Crippen LogP) is 3.14. The Kier molecular flexibility index (Phi) is 2.97. The Morgan fingerprint density at radius 2 is 2.18 bits per heavy atom. The van der Waals surface area contributed by atoms with Crippen molar-refractivity contribution in [1.82, 2.24) is 4.90 Å². The molecule has 0 aromatic rings. The van der Waals surface area contributed by atoms with Crippen LogP contribution in [0.2, 0.25) is 0 Å². The summed E-state index contributed by atoms with van der Waals surface area (Å²) < 4.78 is 0. The molecule has 3 aliphatic rings. The van der Waals surface area contributed by atoms with Crippen molar-refractivity contribution < 1.29 is 4.79 Å². The maximum absolute atomic E-state index is 12.3. The van der Waals surface area contributed by atoms with Crippen molar-refractivity contribution in [2.45, 2.75) is 51.4 Å². The van der Waals surface area contributed by atoms with Gasteiger partial charge in [-0.15, -0.1) is 0 Å². The van der Waals surface area contributed by atoms with Gasteiger partial charge in [0, 0.05) is 19.5 Å². The summed E-state index contributed by atoms with van der Waals surface area (Å²) in [5.41, 5.74) is 0.566. The van der Waals surface area contributed by atoms with Crippen molar-refractivity contribution in [1.29, 1.82) is 0 Å². The van der Waals surface area contributed by atoms with Gasteiger partial charge in [0.25, 0.3) is 0 Å². The van der Waals surface area contributed by atoms with E-state index in [4.69, 9.17) is 0 Å². The summed E-state index contributed by atoms with van der Waals surface area (Å²) in [5, 5.41) is 0. The monoisotopic (exact) mass is 233 g/mol. The van der Waals surface area contributed by atoms with Crippen LogP contribution in [0.5, 0.6) is 0 Å². The Labute approximate surface area is 104 Å². The highest BCUT2D eigenvalue weighted by Gasteiger charge is 2.46. The third-order valence-electron chi connectivity index (χ3n) is 4.76. The molecule has 2 aliphatic carbocycles. The highest BCUT2D eigenvalue weighted by molar-refractivity contribution is 5.77. The standard InChI is InChI=1S/C15H23NO/c17-14(11-13-5-2-1-3-6-13)16-10-4-7-15(12-16)8-9-15/h2,5,13H,1,3-4,6-12H2. The number of carbonyl (C=O) groups excluding carboxylic acids is 1. The van der Waals surface area contributed by atoms with Crippen molar-refractivity contribution in [3.05, 3.63) is 12.2 Å². The second-order valence-corrected chi connectivity index (χ2v) is 6.24.